The van der Waals surface area contributed by atoms with Crippen molar-refractivity contribution in [3.05, 3.63) is 0 Å². The van der Waals surface area contributed by atoms with Crippen LogP contribution in [0.25, 0.3) is 0 Å². The van der Waals surface area contributed by atoms with Crippen LogP contribution in [0.2, 0.25) is 0 Å². The average molecular weight is 526 g/mol. The molecule has 5 nitrogen and oxygen atoms in total. The number of carbonyl (C=O) groups is 2. The second kappa shape index (κ2) is 23.8. The lowest BCUT2D eigenvalue weighted by atomic mass is 9.89. The smallest absolute Gasteiger partial charge is 0.407 e. The van der Waals surface area contributed by atoms with E-state index in [0.29, 0.717) is 18.9 Å². The predicted octanol–water partition coefficient (Wildman–Crippen LogP) is 10.1. The first-order chi connectivity index (χ1) is 17.7. The van der Waals surface area contributed by atoms with Crippen molar-refractivity contribution in [1.29, 1.82) is 0 Å². The Balaban J connectivity index is 3.83. The minimum atomic E-state index is -0.719. The Labute approximate surface area is 230 Å². The van der Waals surface area contributed by atoms with Gasteiger partial charge in [0.25, 0.3) is 0 Å². The number of alkyl carbamates (subject to hydrolysis) is 1. The van der Waals surface area contributed by atoms with Gasteiger partial charge in [-0.25, -0.2) is 4.79 Å². The number of aliphatic carboxylic acids is 1. The van der Waals surface area contributed by atoms with Crippen LogP contribution < -0.4 is 5.32 Å². The highest BCUT2D eigenvalue weighted by Gasteiger charge is 2.18. The number of rotatable bonds is 25. The van der Waals surface area contributed by atoms with Crippen molar-refractivity contribution in [3.63, 3.8) is 0 Å². The lowest BCUT2D eigenvalue weighted by Gasteiger charge is -2.21. The molecule has 0 aromatic rings. The molecule has 2 N–H and O–H groups in total. The maximum Gasteiger partial charge on any atom is 0.407 e. The number of hydrogen-bond donors (Lipinski definition) is 2. The van der Waals surface area contributed by atoms with Gasteiger partial charge in [-0.1, -0.05) is 129 Å². The van der Waals surface area contributed by atoms with Gasteiger partial charge in [0.1, 0.15) is 5.60 Å². The summed E-state index contributed by atoms with van der Waals surface area (Å²) in [6.07, 6.45) is 26.6. The highest BCUT2D eigenvalue weighted by atomic mass is 16.6. The summed E-state index contributed by atoms with van der Waals surface area (Å²) in [6.45, 7) is 10.2. The minimum absolute atomic E-state index is 0.308. The lowest BCUT2D eigenvalue weighted by Crippen LogP contribution is -2.33. The van der Waals surface area contributed by atoms with Crippen molar-refractivity contribution in [2.45, 2.75) is 175 Å². The van der Waals surface area contributed by atoms with Crippen LogP contribution >= 0.6 is 0 Å². The molecule has 1 amide bonds. The third-order valence-corrected chi connectivity index (χ3v) is 7.37. The van der Waals surface area contributed by atoms with Crippen LogP contribution in [0.15, 0.2) is 0 Å². The second-order valence-electron chi connectivity index (χ2n) is 12.3. The fraction of sp³-hybridized carbons (Fsp3) is 0.938. The van der Waals surface area contributed by atoms with Crippen molar-refractivity contribution in [3.8, 4) is 0 Å². The number of unbranched alkanes of at least 4 members (excludes halogenated alkanes) is 16. The van der Waals surface area contributed by atoms with Gasteiger partial charge >= 0.3 is 12.1 Å². The van der Waals surface area contributed by atoms with Crippen LogP contribution in [0.5, 0.6) is 0 Å². The molecule has 0 fully saturated rings. The Kier molecular flexibility index (Phi) is 23.0. The van der Waals surface area contributed by atoms with E-state index in [2.05, 4.69) is 12.2 Å². The summed E-state index contributed by atoms with van der Waals surface area (Å²) >= 11 is 0. The summed E-state index contributed by atoms with van der Waals surface area (Å²) < 4.78 is 5.32. The van der Waals surface area contributed by atoms with Crippen molar-refractivity contribution < 1.29 is 19.4 Å². The summed E-state index contributed by atoms with van der Waals surface area (Å²) in [6, 6.07) is 0. The van der Waals surface area contributed by atoms with Crippen molar-refractivity contribution in [2.24, 2.45) is 11.8 Å². The molecule has 2 atom stereocenters. The van der Waals surface area contributed by atoms with Crippen LogP contribution in [0, 0.1) is 11.8 Å². The first-order valence-electron chi connectivity index (χ1n) is 15.8. The van der Waals surface area contributed by atoms with Crippen LogP contribution in [-0.2, 0) is 9.53 Å². The van der Waals surface area contributed by atoms with E-state index in [-0.39, 0.29) is 12.0 Å². The summed E-state index contributed by atoms with van der Waals surface area (Å²) in [4.78, 5) is 23.1. The summed E-state index contributed by atoms with van der Waals surface area (Å²) in [7, 11) is 0. The van der Waals surface area contributed by atoms with Crippen LogP contribution in [0.1, 0.15) is 169 Å². The molecular formula is C32H63NO4. The van der Waals surface area contributed by atoms with Gasteiger partial charge in [-0.2, -0.15) is 0 Å². The van der Waals surface area contributed by atoms with Gasteiger partial charge in [0.15, 0.2) is 0 Å². The van der Waals surface area contributed by atoms with Gasteiger partial charge in [0.2, 0.25) is 0 Å². The SMILES string of the molecule is CCCCCCCCCCCCCCCCCCCC(CCNC(=O)OC(C)(C)C)CCC(C)C(=O)O. The molecule has 220 valence electrons. The first-order valence-corrected chi connectivity index (χ1v) is 15.8. The molecule has 2 unspecified atom stereocenters. The molecule has 0 saturated carbocycles. The fourth-order valence-corrected chi connectivity index (χ4v) is 4.89. The number of carboxylic acids is 1. The van der Waals surface area contributed by atoms with Crippen LogP contribution in [-0.4, -0.2) is 29.3 Å². The molecule has 0 heterocycles. The monoisotopic (exact) mass is 525 g/mol. The molecule has 0 aromatic carbocycles. The first kappa shape index (κ1) is 35.7. The van der Waals surface area contributed by atoms with Gasteiger partial charge in [0, 0.05) is 6.54 Å². The maximum absolute atomic E-state index is 11.9. The zero-order valence-corrected chi connectivity index (χ0v) is 25.4. The molecule has 0 bridgehead atoms. The van der Waals surface area contributed by atoms with E-state index in [1.807, 2.05) is 20.8 Å². The Bertz CT molecular complexity index is 543. The van der Waals surface area contributed by atoms with E-state index < -0.39 is 11.6 Å². The molecule has 0 radical (unpaired) electrons. The Morgan fingerprint density at radius 2 is 1.11 bits per heavy atom. The van der Waals surface area contributed by atoms with E-state index in [1.165, 1.54) is 109 Å². The van der Waals surface area contributed by atoms with E-state index in [0.717, 1.165) is 19.3 Å². The summed E-state index contributed by atoms with van der Waals surface area (Å²) in [5.41, 5.74) is -0.492. The molecule has 0 aliphatic carbocycles. The number of carboxylic acid groups (broad SMARTS) is 1. The largest absolute Gasteiger partial charge is 0.481 e. The number of amides is 1. The lowest BCUT2D eigenvalue weighted by molar-refractivity contribution is -0.141. The molecule has 0 saturated heterocycles. The number of hydrogen-bond acceptors (Lipinski definition) is 3. The molecule has 0 aromatic heterocycles. The van der Waals surface area contributed by atoms with Crippen LogP contribution in [0.4, 0.5) is 4.79 Å². The third kappa shape index (κ3) is 26.1. The average Bonchev–Trinajstić information content (AvgIpc) is 2.82. The predicted molar refractivity (Wildman–Crippen MR) is 157 cm³/mol. The Hall–Kier alpha value is -1.26. The highest BCUT2D eigenvalue weighted by Crippen LogP contribution is 2.23. The minimum Gasteiger partial charge on any atom is -0.481 e. The normalized spacial score (nSPS) is 13.3. The third-order valence-electron chi connectivity index (χ3n) is 7.37. The topological polar surface area (TPSA) is 75.6 Å². The Morgan fingerprint density at radius 3 is 1.51 bits per heavy atom. The maximum atomic E-state index is 11.9. The van der Waals surface area contributed by atoms with E-state index >= 15 is 0 Å². The van der Waals surface area contributed by atoms with Crippen molar-refractivity contribution in [1.82, 2.24) is 5.32 Å². The summed E-state index contributed by atoms with van der Waals surface area (Å²) in [5, 5.41) is 12.1. The zero-order valence-electron chi connectivity index (χ0n) is 25.4. The van der Waals surface area contributed by atoms with Crippen molar-refractivity contribution in [2.75, 3.05) is 6.54 Å². The molecule has 0 aliphatic rings. The molecule has 0 rings (SSSR count). The standard InChI is InChI=1S/C32H63NO4/c1-6-7-8-9-10-11-12-13-14-15-16-17-18-19-20-21-22-23-29(25-24-28(2)30(34)35)26-27-33-31(36)37-32(3,4)5/h28-29H,6-27H2,1-5H3,(H,33,36)(H,34,35). The molecular weight excluding hydrogens is 462 g/mol. The number of carbonyl (C=O) groups excluding carboxylic acids is 1. The second-order valence-corrected chi connectivity index (χ2v) is 12.3. The van der Waals surface area contributed by atoms with E-state index in [1.54, 1.807) is 6.92 Å². The zero-order chi connectivity index (χ0) is 27.8. The van der Waals surface area contributed by atoms with Gasteiger partial charge in [-0.15, -0.1) is 0 Å². The van der Waals surface area contributed by atoms with Gasteiger partial charge < -0.3 is 15.2 Å². The highest BCUT2D eigenvalue weighted by molar-refractivity contribution is 5.69. The quantitative estimate of drug-likeness (QED) is 0.116. The van der Waals surface area contributed by atoms with E-state index in [9.17, 15) is 14.7 Å². The van der Waals surface area contributed by atoms with Gasteiger partial charge in [-0.05, 0) is 46.0 Å². The molecule has 0 aliphatic heterocycles. The van der Waals surface area contributed by atoms with Gasteiger partial charge in [-0.3, -0.25) is 4.79 Å². The Morgan fingerprint density at radius 1 is 0.676 bits per heavy atom. The number of ether oxygens (including phenoxy) is 1. The molecule has 37 heavy (non-hydrogen) atoms. The fourth-order valence-electron chi connectivity index (χ4n) is 4.89. The molecule has 5 heteroatoms. The van der Waals surface area contributed by atoms with Gasteiger partial charge in [0.05, 0.1) is 5.92 Å². The van der Waals surface area contributed by atoms with Crippen molar-refractivity contribution >= 4 is 12.1 Å². The summed E-state index contributed by atoms with van der Waals surface area (Å²) in [5.74, 6) is -0.576. The van der Waals surface area contributed by atoms with Crippen LogP contribution in [0.3, 0.4) is 0 Å². The van der Waals surface area contributed by atoms with E-state index in [4.69, 9.17) is 4.74 Å². The molecule has 0 spiro atoms. The number of nitrogens with one attached hydrogen (secondary N) is 1.